The minimum atomic E-state index is -0.596. The van der Waals surface area contributed by atoms with Gasteiger partial charge >= 0.3 is 11.8 Å². The SMILES string of the molecule is CO/C(=N\O)C(=O)Nc1ccccc1. The highest BCUT2D eigenvalue weighted by Crippen LogP contribution is 2.04. The van der Waals surface area contributed by atoms with Crippen LogP contribution in [0.4, 0.5) is 5.69 Å². The number of nitrogens with one attached hydrogen (secondary N) is 1. The molecule has 0 radical (unpaired) electrons. The van der Waals surface area contributed by atoms with Crippen molar-refractivity contribution in [2.45, 2.75) is 0 Å². The molecule has 0 bridgehead atoms. The third-order valence-corrected chi connectivity index (χ3v) is 1.51. The summed E-state index contributed by atoms with van der Waals surface area (Å²) >= 11 is 0. The maximum Gasteiger partial charge on any atom is 0.316 e. The standard InChI is InChI=1S/C9H10N2O3/c1-14-9(11-13)8(12)10-7-5-3-2-4-6-7/h2-6,13H,1H3,(H,10,12)/b11-9-. The summed E-state index contributed by atoms with van der Waals surface area (Å²) in [6.45, 7) is 0. The number of oxime groups is 1. The first-order valence-electron chi connectivity index (χ1n) is 3.90. The quantitative estimate of drug-likeness (QED) is 0.304. The van der Waals surface area contributed by atoms with Gasteiger partial charge in [-0.05, 0) is 17.3 Å². The zero-order chi connectivity index (χ0) is 10.4. The average molecular weight is 194 g/mol. The lowest BCUT2D eigenvalue weighted by Crippen LogP contribution is -2.24. The van der Waals surface area contributed by atoms with Crippen LogP contribution in [0.15, 0.2) is 35.5 Å². The molecule has 0 atom stereocenters. The Morgan fingerprint density at radius 1 is 1.43 bits per heavy atom. The maximum atomic E-state index is 11.2. The number of nitrogens with zero attached hydrogens (tertiary/aromatic N) is 1. The molecule has 0 spiro atoms. The van der Waals surface area contributed by atoms with E-state index in [4.69, 9.17) is 5.21 Å². The number of benzene rings is 1. The molecule has 1 amide bonds. The lowest BCUT2D eigenvalue weighted by Gasteiger charge is -2.04. The number of rotatable bonds is 1. The van der Waals surface area contributed by atoms with Gasteiger partial charge in [-0.15, -0.1) is 0 Å². The first-order chi connectivity index (χ1) is 6.77. The highest BCUT2D eigenvalue weighted by molar-refractivity contribution is 6.39. The second-order valence-electron chi connectivity index (χ2n) is 2.43. The van der Waals surface area contributed by atoms with Crippen LogP contribution in [0.3, 0.4) is 0 Å². The Morgan fingerprint density at radius 2 is 2.07 bits per heavy atom. The van der Waals surface area contributed by atoms with Gasteiger partial charge in [-0.1, -0.05) is 18.2 Å². The van der Waals surface area contributed by atoms with Gasteiger partial charge in [0.05, 0.1) is 7.11 Å². The minimum absolute atomic E-state index is 0.381. The van der Waals surface area contributed by atoms with Gasteiger partial charge in [-0.3, -0.25) is 4.79 Å². The average Bonchev–Trinajstić information content (AvgIpc) is 2.21. The second kappa shape index (κ2) is 4.86. The van der Waals surface area contributed by atoms with E-state index < -0.39 is 5.91 Å². The van der Waals surface area contributed by atoms with Crippen molar-refractivity contribution in [2.75, 3.05) is 12.4 Å². The summed E-state index contributed by atoms with van der Waals surface area (Å²) in [5.74, 6) is -0.977. The van der Waals surface area contributed by atoms with Crippen molar-refractivity contribution in [3.8, 4) is 0 Å². The lowest BCUT2D eigenvalue weighted by molar-refractivity contribution is -0.111. The van der Waals surface area contributed by atoms with Crippen LogP contribution < -0.4 is 5.32 Å². The number of hydrogen-bond acceptors (Lipinski definition) is 4. The normalized spacial score (nSPS) is 10.8. The van der Waals surface area contributed by atoms with Crippen molar-refractivity contribution < 1.29 is 14.7 Å². The van der Waals surface area contributed by atoms with Crippen LogP contribution in [-0.4, -0.2) is 24.1 Å². The fourth-order valence-corrected chi connectivity index (χ4v) is 0.885. The van der Waals surface area contributed by atoms with Crippen molar-refractivity contribution in [1.29, 1.82) is 0 Å². The number of para-hydroxylation sites is 1. The third kappa shape index (κ3) is 2.48. The van der Waals surface area contributed by atoms with E-state index in [0.717, 1.165) is 0 Å². The van der Waals surface area contributed by atoms with Crippen molar-refractivity contribution >= 4 is 17.5 Å². The maximum absolute atomic E-state index is 11.2. The monoisotopic (exact) mass is 194 g/mol. The number of hydrogen-bond donors (Lipinski definition) is 2. The van der Waals surface area contributed by atoms with Gasteiger partial charge in [0.25, 0.3) is 0 Å². The largest absolute Gasteiger partial charge is 0.475 e. The first kappa shape index (κ1) is 10.0. The molecule has 2 N–H and O–H groups in total. The highest BCUT2D eigenvalue weighted by Gasteiger charge is 2.11. The van der Waals surface area contributed by atoms with Crippen LogP contribution >= 0.6 is 0 Å². The molecule has 14 heavy (non-hydrogen) atoms. The molecule has 0 fully saturated rings. The van der Waals surface area contributed by atoms with Gasteiger partial charge in [0.1, 0.15) is 0 Å². The molecule has 0 aliphatic heterocycles. The zero-order valence-electron chi connectivity index (χ0n) is 7.60. The van der Waals surface area contributed by atoms with E-state index in [2.05, 4.69) is 15.2 Å². The molecular weight excluding hydrogens is 184 g/mol. The molecule has 0 aromatic heterocycles. The molecule has 5 nitrogen and oxygen atoms in total. The van der Waals surface area contributed by atoms with E-state index in [1.165, 1.54) is 7.11 Å². The predicted octanol–water partition coefficient (Wildman–Crippen LogP) is 1.06. The van der Waals surface area contributed by atoms with Gasteiger partial charge in [0.2, 0.25) is 0 Å². The number of anilines is 1. The van der Waals surface area contributed by atoms with Gasteiger partial charge < -0.3 is 15.3 Å². The fourth-order valence-electron chi connectivity index (χ4n) is 0.885. The van der Waals surface area contributed by atoms with Crippen molar-refractivity contribution in [3.05, 3.63) is 30.3 Å². The fraction of sp³-hybridized carbons (Fsp3) is 0.111. The van der Waals surface area contributed by atoms with Gasteiger partial charge in [0.15, 0.2) is 0 Å². The second-order valence-corrected chi connectivity index (χ2v) is 2.43. The van der Waals surface area contributed by atoms with Crippen molar-refractivity contribution in [2.24, 2.45) is 5.16 Å². The van der Waals surface area contributed by atoms with E-state index in [1.54, 1.807) is 24.3 Å². The Bertz CT molecular complexity index is 335. The van der Waals surface area contributed by atoms with Gasteiger partial charge in [0, 0.05) is 5.69 Å². The molecule has 0 saturated heterocycles. The van der Waals surface area contributed by atoms with Crippen LogP contribution in [0.2, 0.25) is 0 Å². The van der Waals surface area contributed by atoms with Gasteiger partial charge in [-0.25, -0.2) is 0 Å². The van der Waals surface area contributed by atoms with E-state index in [9.17, 15) is 4.79 Å². The Balaban J connectivity index is 2.66. The summed E-state index contributed by atoms with van der Waals surface area (Å²) in [4.78, 5) is 11.2. The number of carbonyl (C=O) groups excluding carboxylic acids is 1. The number of amides is 1. The molecule has 0 aliphatic rings. The molecular formula is C9H10N2O3. The molecule has 5 heteroatoms. The van der Waals surface area contributed by atoms with Crippen LogP contribution in [0.5, 0.6) is 0 Å². The van der Waals surface area contributed by atoms with Crippen LogP contribution in [-0.2, 0) is 9.53 Å². The first-order valence-corrected chi connectivity index (χ1v) is 3.90. The molecule has 0 heterocycles. The predicted molar refractivity (Wildman–Crippen MR) is 51.3 cm³/mol. The third-order valence-electron chi connectivity index (χ3n) is 1.51. The highest BCUT2D eigenvalue weighted by atomic mass is 16.5. The Hall–Kier alpha value is -2.04. The molecule has 0 aliphatic carbocycles. The Labute approximate surface area is 81.0 Å². The summed E-state index contributed by atoms with van der Waals surface area (Å²) in [6.07, 6.45) is 0. The smallest absolute Gasteiger partial charge is 0.316 e. The number of carbonyl (C=O) groups is 1. The Morgan fingerprint density at radius 3 is 2.57 bits per heavy atom. The van der Waals surface area contributed by atoms with E-state index >= 15 is 0 Å². The van der Waals surface area contributed by atoms with Crippen LogP contribution in [0, 0.1) is 0 Å². The van der Waals surface area contributed by atoms with E-state index in [-0.39, 0.29) is 5.90 Å². The topological polar surface area (TPSA) is 70.9 Å². The molecule has 1 aromatic rings. The van der Waals surface area contributed by atoms with Crippen LogP contribution in [0.25, 0.3) is 0 Å². The lowest BCUT2D eigenvalue weighted by atomic mass is 10.3. The Kier molecular flexibility index (Phi) is 3.49. The molecule has 0 unspecified atom stereocenters. The molecule has 1 rings (SSSR count). The summed E-state index contributed by atoms with van der Waals surface area (Å²) in [5, 5.41) is 13.6. The van der Waals surface area contributed by atoms with Crippen molar-refractivity contribution in [3.63, 3.8) is 0 Å². The van der Waals surface area contributed by atoms with Crippen molar-refractivity contribution in [1.82, 2.24) is 0 Å². The summed E-state index contributed by atoms with van der Waals surface area (Å²) in [7, 11) is 1.25. The van der Waals surface area contributed by atoms with Gasteiger partial charge in [-0.2, -0.15) is 0 Å². The number of ether oxygens (including phenoxy) is 1. The van der Waals surface area contributed by atoms with E-state index in [0.29, 0.717) is 5.69 Å². The minimum Gasteiger partial charge on any atom is -0.475 e. The van der Waals surface area contributed by atoms with Crippen LogP contribution in [0.1, 0.15) is 0 Å². The summed E-state index contributed by atoms with van der Waals surface area (Å²) in [6, 6.07) is 8.80. The molecule has 1 aromatic carbocycles. The summed E-state index contributed by atoms with van der Waals surface area (Å²) < 4.78 is 4.52. The summed E-state index contributed by atoms with van der Waals surface area (Å²) in [5.41, 5.74) is 0.607. The zero-order valence-corrected chi connectivity index (χ0v) is 7.60. The molecule has 74 valence electrons. The molecule has 0 saturated carbocycles. The number of methoxy groups -OCH3 is 1. The van der Waals surface area contributed by atoms with E-state index in [1.807, 2.05) is 6.07 Å².